The topological polar surface area (TPSA) is 58.4 Å². The second kappa shape index (κ2) is 6.08. The van der Waals surface area contributed by atoms with Crippen molar-refractivity contribution in [3.8, 4) is 0 Å². The number of carbonyl (C=O) groups excluding carboxylic acids is 1. The zero-order chi connectivity index (χ0) is 11.3. The highest BCUT2D eigenvalue weighted by Gasteiger charge is 2.25. The van der Waals surface area contributed by atoms with E-state index in [2.05, 4.69) is 5.32 Å². The molecule has 1 aliphatic carbocycles. The van der Waals surface area contributed by atoms with Gasteiger partial charge >= 0.3 is 0 Å². The number of carbonyl (C=O) groups is 1. The van der Waals surface area contributed by atoms with E-state index in [1.807, 2.05) is 0 Å². The lowest BCUT2D eigenvalue weighted by Gasteiger charge is -2.19. The first kappa shape index (κ1) is 12.5. The number of nitrogens with zero attached hydrogens (tertiary/aromatic N) is 1. The van der Waals surface area contributed by atoms with Crippen molar-refractivity contribution in [2.24, 2.45) is 11.7 Å². The second-order valence-corrected chi connectivity index (χ2v) is 4.53. The predicted octanol–water partition coefficient (Wildman–Crippen LogP) is 0.182. The summed E-state index contributed by atoms with van der Waals surface area (Å²) in [7, 11) is 3.58. The summed E-state index contributed by atoms with van der Waals surface area (Å²) in [4.78, 5) is 13.0. The third kappa shape index (κ3) is 3.80. The Morgan fingerprint density at radius 3 is 2.80 bits per heavy atom. The summed E-state index contributed by atoms with van der Waals surface area (Å²) in [5.74, 6) is 0.796. The number of hydrogen-bond donors (Lipinski definition) is 2. The monoisotopic (exact) mass is 213 g/mol. The van der Waals surface area contributed by atoms with Crippen LogP contribution in [0.2, 0.25) is 0 Å². The van der Waals surface area contributed by atoms with Gasteiger partial charge in [-0.3, -0.25) is 4.79 Å². The van der Waals surface area contributed by atoms with Crippen molar-refractivity contribution in [1.82, 2.24) is 10.2 Å². The Labute approximate surface area is 92.2 Å². The van der Waals surface area contributed by atoms with Crippen LogP contribution in [0.25, 0.3) is 0 Å². The predicted molar refractivity (Wildman–Crippen MR) is 61.5 cm³/mol. The van der Waals surface area contributed by atoms with Crippen molar-refractivity contribution < 1.29 is 4.79 Å². The second-order valence-electron chi connectivity index (χ2n) is 4.53. The maximum absolute atomic E-state index is 11.3. The van der Waals surface area contributed by atoms with E-state index in [4.69, 9.17) is 5.73 Å². The molecule has 0 aromatic rings. The molecule has 1 fully saturated rings. The molecule has 4 heteroatoms. The van der Waals surface area contributed by atoms with Gasteiger partial charge in [-0.25, -0.2) is 0 Å². The summed E-state index contributed by atoms with van der Waals surface area (Å²) in [6.45, 7) is 1.54. The average Bonchev–Trinajstić information content (AvgIpc) is 2.65. The van der Waals surface area contributed by atoms with Crippen LogP contribution in [0, 0.1) is 5.92 Å². The van der Waals surface area contributed by atoms with Crippen LogP contribution in [0.5, 0.6) is 0 Å². The summed E-state index contributed by atoms with van der Waals surface area (Å²) in [6, 6.07) is 0.532. The van der Waals surface area contributed by atoms with Crippen molar-refractivity contribution in [3.63, 3.8) is 0 Å². The molecule has 4 nitrogen and oxygen atoms in total. The molecule has 0 bridgehead atoms. The molecule has 3 N–H and O–H groups in total. The molecule has 0 aromatic heterocycles. The molecule has 0 aromatic carbocycles. The maximum atomic E-state index is 11.3. The Morgan fingerprint density at radius 2 is 2.20 bits per heavy atom. The first-order valence-corrected chi connectivity index (χ1v) is 5.78. The van der Waals surface area contributed by atoms with Gasteiger partial charge in [0.25, 0.3) is 0 Å². The molecule has 0 aliphatic heterocycles. The number of nitrogens with one attached hydrogen (secondary N) is 1. The summed E-state index contributed by atoms with van der Waals surface area (Å²) in [5.41, 5.74) is 5.69. The molecule has 88 valence electrons. The van der Waals surface area contributed by atoms with Gasteiger partial charge in [0.15, 0.2) is 0 Å². The number of amides is 1. The molecule has 0 radical (unpaired) electrons. The van der Waals surface area contributed by atoms with Crippen molar-refractivity contribution in [2.75, 3.05) is 27.2 Å². The van der Waals surface area contributed by atoms with Crippen LogP contribution in [0.3, 0.4) is 0 Å². The molecule has 1 rings (SSSR count). The van der Waals surface area contributed by atoms with Crippen LogP contribution in [-0.4, -0.2) is 44.0 Å². The number of hydrogen-bond acceptors (Lipinski definition) is 3. The fourth-order valence-electron chi connectivity index (χ4n) is 2.18. The standard InChI is InChI=1S/C11H23N3O/c1-14(2)11(15)6-7-13-10-5-3-4-9(10)8-12/h9-10,13H,3-8,12H2,1-2H3. The minimum Gasteiger partial charge on any atom is -0.349 e. The molecule has 15 heavy (non-hydrogen) atoms. The molecule has 0 heterocycles. The minimum atomic E-state index is 0.185. The van der Waals surface area contributed by atoms with Gasteiger partial charge in [-0.15, -0.1) is 0 Å². The van der Waals surface area contributed by atoms with Gasteiger partial charge in [0.2, 0.25) is 5.91 Å². The van der Waals surface area contributed by atoms with E-state index < -0.39 is 0 Å². The van der Waals surface area contributed by atoms with Crippen molar-refractivity contribution in [1.29, 1.82) is 0 Å². The Bertz CT molecular complexity index is 206. The quantitative estimate of drug-likeness (QED) is 0.685. The lowest BCUT2D eigenvalue weighted by Crippen LogP contribution is -2.38. The third-order valence-corrected chi connectivity index (χ3v) is 3.21. The highest BCUT2D eigenvalue weighted by molar-refractivity contribution is 5.75. The van der Waals surface area contributed by atoms with Crippen molar-refractivity contribution in [2.45, 2.75) is 31.7 Å². The smallest absolute Gasteiger partial charge is 0.223 e. The molecule has 0 saturated heterocycles. The molecular formula is C11H23N3O. The van der Waals surface area contributed by atoms with Crippen LogP contribution in [-0.2, 0) is 4.79 Å². The molecular weight excluding hydrogens is 190 g/mol. The van der Waals surface area contributed by atoms with Crippen LogP contribution >= 0.6 is 0 Å². The lowest BCUT2D eigenvalue weighted by atomic mass is 10.0. The van der Waals surface area contributed by atoms with E-state index in [-0.39, 0.29) is 5.91 Å². The molecule has 1 saturated carbocycles. The average molecular weight is 213 g/mol. The van der Waals surface area contributed by atoms with Gasteiger partial charge < -0.3 is 16.0 Å². The lowest BCUT2D eigenvalue weighted by molar-refractivity contribution is -0.128. The van der Waals surface area contributed by atoms with Crippen LogP contribution < -0.4 is 11.1 Å². The van der Waals surface area contributed by atoms with Gasteiger partial charge in [-0.2, -0.15) is 0 Å². The van der Waals surface area contributed by atoms with Crippen molar-refractivity contribution in [3.05, 3.63) is 0 Å². The van der Waals surface area contributed by atoms with Crippen LogP contribution in [0.15, 0.2) is 0 Å². The van der Waals surface area contributed by atoms with E-state index in [0.717, 1.165) is 13.1 Å². The summed E-state index contributed by atoms with van der Waals surface area (Å²) < 4.78 is 0. The van der Waals surface area contributed by atoms with E-state index >= 15 is 0 Å². The molecule has 2 unspecified atom stereocenters. The van der Waals surface area contributed by atoms with Crippen LogP contribution in [0.4, 0.5) is 0 Å². The first-order chi connectivity index (χ1) is 7.15. The molecule has 1 aliphatic rings. The molecule has 2 atom stereocenters. The van der Waals surface area contributed by atoms with E-state index in [9.17, 15) is 4.79 Å². The highest BCUT2D eigenvalue weighted by Crippen LogP contribution is 2.24. The molecule has 1 amide bonds. The highest BCUT2D eigenvalue weighted by atomic mass is 16.2. The maximum Gasteiger partial charge on any atom is 0.223 e. The normalized spacial score (nSPS) is 25.5. The number of nitrogens with two attached hydrogens (primary N) is 1. The largest absolute Gasteiger partial charge is 0.349 e. The van der Waals surface area contributed by atoms with E-state index in [1.165, 1.54) is 19.3 Å². The van der Waals surface area contributed by atoms with Gasteiger partial charge in [0.1, 0.15) is 0 Å². The summed E-state index contributed by atoms with van der Waals surface area (Å²) in [5, 5.41) is 3.44. The summed E-state index contributed by atoms with van der Waals surface area (Å²) in [6.07, 6.45) is 4.29. The fraction of sp³-hybridized carbons (Fsp3) is 0.909. The van der Waals surface area contributed by atoms with Crippen molar-refractivity contribution >= 4 is 5.91 Å². The Morgan fingerprint density at radius 1 is 1.47 bits per heavy atom. The zero-order valence-corrected chi connectivity index (χ0v) is 9.83. The minimum absolute atomic E-state index is 0.185. The zero-order valence-electron chi connectivity index (χ0n) is 9.83. The fourth-order valence-corrected chi connectivity index (χ4v) is 2.18. The van der Waals surface area contributed by atoms with Gasteiger partial charge in [-0.05, 0) is 25.3 Å². The van der Waals surface area contributed by atoms with Gasteiger partial charge in [0, 0.05) is 33.1 Å². The van der Waals surface area contributed by atoms with E-state index in [1.54, 1.807) is 19.0 Å². The molecule has 0 spiro atoms. The Kier molecular flexibility index (Phi) is 5.05. The summed E-state index contributed by atoms with van der Waals surface area (Å²) >= 11 is 0. The van der Waals surface area contributed by atoms with Crippen LogP contribution in [0.1, 0.15) is 25.7 Å². The number of rotatable bonds is 5. The van der Waals surface area contributed by atoms with E-state index in [0.29, 0.717) is 18.4 Å². The Balaban J connectivity index is 2.17. The Hall–Kier alpha value is -0.610. The third-order valence-electron chi connectivity index (χ3n) is 3.21. The van der Waals surface area contributed by atoms with Gasteiger partial charge in [-0.1, -0.05) is 6.42 Å². The first-order valence-electron chi connectivity index (χ1n) is 5.78. The van der Waals surface area contributed by atoms with Gasteiger partial charge in [0.05, 0.1) is 0 Å². The SMILES string of the molecule is CN(C)C(=O)CCNC1CCCC1CN.